The molecule has 1 heterocycles. The van der Waals surface area contributed by atoms with Crippen LogP contribution in [0.5, 0.6) is 5.75 Å². The SMILES string of the molecule is CCC(C)C(NC(=O)C(Cc1cnc[nH]1)NC(=O)CN)C(=O)NC(Cc1ccc(O)cc1)C(=O)O. The van der Waals surface area contributed by atoms with Crippen LogP contribution in [0.2, 0.25) is 0 Å². The number of nitrogens with zero attached hydrogens (tertiary/aromatic N) is 1. The van der Waals surface area contributed by atoms with E-state index in [-0.39, 0.29) is 31.1 Å². The highest BCUT2D eigenvalue weighted by Gasteiger charge is 2.32. The first-order chi connectivity index (χ1) is 16.6. The van der Waals surface area contributed by atoms with Gasteiger partial charge in [0.05, 0.1) is 12.9 Å². The molecule has 0 aliphatic heterocycles. The van der Waals surface area contributed by atoms with Gasteiger partial charge in [0.15, 0.2) is 0 Å². The molecule has 190 valence electrons. The van der Waals surface area contributed by atoms with Crippen molar-refractivity contribution in [2.45, 2.75) is 51.2 Å². The number of rotatable bonds is 13. The van der Waals surface area contributed by atoms with E-state index in [2.05, 4.69) is 25.9 Å². The number of hydrogen-bond acceptors (Lipinski definition) is 7. The van der Waals surface area contributed by atoms with E-state index < -0.39 is 41.8 Å². The summed E-state index contributed by atoms with van der Waals surface area (Å²) in [5, 5.41) is 26.7. The zero-order valence-corrected chi connectivity index (χ0v) is 19.7. The molecule has 2 rings (SSSR count). The number of nitrogens with two attached hydrogens (primary N) is 1. The molecular weight excluding hydrogens is 456 g/mol. The molecule has 2 aromatic rings. The summed E-state index contributed by atoms with van der Waals surface area (Å²) < 4.78 is 0. The molecular formula is C23H32N6O6. The van der Waals surface area contributed by atoms with Gasteiger partial charge in [0, 0.05) is 24.7 Å². The third kappa shape index (κ3) is 8.41. The van der Waals surface area contributed by atoms with Crippen molar-refractivity contribution >= 4 is 23.7 Å². The van der Waals surface area contributed by atoms with Crippen molar-refractivity contribution in [3.8, 4) is 5.75 Å². The molecule has 4 atom stereocenters. The van der Waals surface area contributed by atoms with E-state index in [1.54, 1.807) is 19.1 Å². The summed E-state index contributed by atoms with van der Waals surface area (Å²) in [6.07, 6.45) is 3.54. The number of phenols is 1. The number of benzene rings is 1. The molecule has 3 amide bonds. The number of hydrogen-bond donors (Lipinski definition) is 7. The summed E-state index contributed by atoms with van der Waals surface area (Å²) in [6, 6.07) is 2.64. The Morgan fingerprint density at radius 3 is 2.26 bits per heavy atom. The highest BCUT2D eigenvalue weighted by molar-refractivity contribution is 5.93. The Hall–Kier alpha value is -3.93. The van der Waals surface area contributed by atoms with E-state index in [0.717, 1.165) is 0 Å². The first-order valence-corrected chi connectivity index (χ1v) is 11.2. The minimum absolute atomic E-state index is 0.0163. The number of aromatic nitrogens is 2. The molecule has 4 unspecified atom stereocenters. The maximum Gasteiger partial charge on any atom is 0.326 e. The van der Waals surface area contributed by atoms with Gasteiger partial charge >= 0.3 is 5.97 Å². The van der Waals surface area contributed by atoms with Crippen LogP contribution >= 0.6 is 0 Å². The van der Waals surface area contributed by atoms with Gasteiger partial charge in [-0.1, -0.05) is 32.4 Å². The zero-order chi connectivity index (χ0) is 26.0. The molecule has 0 aliphatic rings. The first kappa shape index (κ1) is 27.3. The highest BCUT2D eigenvalue weighted by atomic mass is 16.4. The Bertz CT molecular complexity index is 994. The lowest BCUT2D eigenvalue weighted by molar-refractivity contribution is -0.142. The number of imidazole rings is 1. The lowest BCUT2D eigenvalue weighted by Gasteiger charge is -2.27. The molecule has 8 N–H and O–H groups in total. The third-order valence-corrected chi connectivity index (χ3v) is 5.60. The first-order valence-electron chi connectivity index (χ1n) is 11.2. The molecule has 1 aromatic carbocycles. The topological polar surface area (TPSA) is 200 Å². The van der Waals surface area contributed by atoms with Crippen molar-refractivity contribution in [3.05, 3.63) is 48.0 Å². The number of nitrogens with one attached hydrogen (secondary N) is 4. The lowest BCUT2D eigenvalue weighted by atomic mass is 9.96. The predicted octanol–water partition coefficient (Wildman–Crippen LogP) is -0.556. The molecule has 35 heavy (non-hydrogen) atoms. The van der Waals surface area contributed by atoms with Gasteiger partial charge in [0.1, 0.15) is 23.9 Å². The van der Waals surface area contributed by atoms with Gasteiger partial charge in [-0.3, -0.25) is 14.4 Å². The number of phenolic OH excluding ortho intramolecular Hbond substituents is 1. The predicted molar refractivity (Wildman–Crippen MR) is 126 cm³/mol. The van der Waals surface area contributed by atoms with Crippen LogP contribution in [0.25, 0.3) is 0 Å². The van der Waals surface area contributed by atoms with Gasteiger partial charge in [-0.05, 0) is 23.6 Å². The fraction of sp³-hybridized carbons (Fsp3) is 0.435. The van der Waals surface area contributed by atoms with Crippen molar-refractivity contribution < 1.29 is 29.4 Å². The number of aliphatic carboxylic acids is 1. The Kier molecular flexibility index (Phi) is 10.2. The van der Waals surface area contributed by atoms with Crippen LogP contribution in [0, 0.1) is 5.92 Å². The van der Waals surface area contributed by atoms with Crippen LogP contribution in [-0.4, -0.2) is 68.5 Å². The minimum Gasteiger partial charge on any atom is -0.508 e. The molecule has 1 aromatic heterocycles. The lowest BCUT2D eigenvalue weighted by Crippen LogP contribution is -2.58. The van der Waals surface area contributed by atoms with Crippen molar-refractivity contribution in [1.82, 2.24) is 25.9 Å². The average molecular weight is 489 g/mol. The van der Waals surface area contributed by atoms with Gasteiger partial charge < -0.3 is 36.9 Å². The largest absolute Gasteiger partial charge is 0.508 e. The van der Waals surface area contributed by atoms with E-state index in [4.69, 9.17) is 5.73 Å². The Balaban J connectivity index is 2.17. The Morgan fingerprint density at radius 2 is 1.71 bits per heavy atom. The Labute approximate surface area is 202 Å². The quantitative estimate of drug-likeness (QED) is 0.194. The second-order valence-corrected chi connectivity index (χ2v) is 8.25. The third-order valence-electron chi connectivity index (χ3n) is 5.60. The van der Waals surface area contributed by atoms with Crippen LogP contribution < -0.4 is 21.7 Å². The second kappa shape index (κ2) is 13.1. The molecule has 0 spiro atoms. The summed E-state index contributed by atoms with van der Waals surface area (Å²) in [4.78, 5) is 56.6. The molecule has 0 aliphatic carbocycles. The van der Waals surface area contributed by atoms with Crippen molar-refractivity contribution in [3.63, 3.8) is 0 Å². The van der Waals surface area contributed by atoms with E-state index in [0.29, 0.717) is 17.7 Å². The summed E-state index contributed by atoms with van der Waals surface area (Å²) in [5.74, 6) is -3.37. The normalized spacial score (nSPS) is 14.3. The van der Waals surface area contributed by atoms with Crippen LogP contribution in [-0.2, 0) is 32.0 Å². The van der Waals surface area contributed by atoms with E-state index in [1.165, 1.54) is 24.7 Å². The fourth-order valence-corrected chi connectivity index (χ4v) is 3.36. The number of carboxylic acid groups (broad SMARTS) is 1. The smallest absolute Gasteiger partial charge is 0.326 e. The molecule has 0 saturated heterocycles. The fourth-order valence-electron chi connectivity index (χ4n) is 3.36. The van der Waals surface area contributed by atoms with Crippen molar-refractivity contribution in [2.24, 2.45) is 11.7 Å². The number of amides is 3. The standard InChI is InChI=1S/C23H32N6O6/c1-3-13(2)20(22(33)28-18(23(34)35)8-14-4-6-16(30)7-5-14)29-21(32)17(27-19(31)10-24)9-15-11-25-12-26-15/h4-7,11-13,17-18,20,30H,3,8-10,24H2,1-2H3,(H,25,26)(H,27,31)(H,28,33)(H,29,32)(H,34,35). The average Bonchev–Trinajstić information content (AvgIpc) is 3.35. The number of carbonyl (C=O) groups is 4. The van der Waals surface area contributed by atoms with Crippen LogP contribution in [0.3, 0.4) is 0 Å². The molecule has 12 nitrogen and oxygen atoms in total. The van der Waals surface area contributed by atoms with E-state index in [9.17, 15) is 29.4 Å². The summed E-state index contributed by atoms with van der Waals surface area (Å²) in [6.45, 7) is 3.27. The van der Waals surface area contributed by atoms with Gasteiger partial charge in [-0.15, -0.1) is 0 Å². The number of carboxylic acids is 1. The van der Waals surface area contributed by atoms with Gasteiger partial charge in [-0.2, -0.15) is 0 Å². The second-order valence-electron chi connectivity index (χ2n) is 8.25. The number of carbonyl (C=O) groups excluding carboxylic acids is 3. The number of aromatic hydroxyl groups is 1. The maximum atomic E-state index is 13.1. The number of aromatic amines is 1. The molecule has 12 heteroatoms. The molecule has 0 bridgehead atoms. The van der Waals surface area contributed by atoms with Gasteiger partial charge in [0.25, 0.3) is 0 Å². The minimum atomic E-state index is -1.26. The highest BCUT2D eigenvalue weighted by Crippen LogP contribution is 2.13. The van der Waals surface area contributed by atoms with Crippen LogP contribution in [0.4, 0.5) is 0 Å². The van der Waals surface area contributed by atoms with E-state index in [1.807, 2.05) is 6.92 Å². The summed E-state index contributed by atoms with van der Waals surface area (Å²) >= 11 is 0. The van der Waals surface area contributed by atoms with E-state index >= 15 is 0 Å². The molecule has 0 radical (unpaired) electrons. The molecule has 0 saturated carbocycles. The molecule has 0 fully saturated rings. The maximum absolute atomic E-state index is 13.1. The van der Waals surface area contributed by atoms with Crippen LogP contribution in [0.15, 0.2) is 36.8 Å². The van der Waals surface area contributed by atoms with Crippen LogP contribution in [0.1, 0.15) is 31.5 Å². The van der Waals surface area contributed by atoms with Crippen molar-refractivity contribution in [2.75, 3.05) is 6.54 Å². The summed E-state index contributed by atoms with van der Waals surface area (Å²) in [7, 11) is 0. The Morgan fingerprint density at radius 1 is 1.03 bits per heavy atom. The zero-order valence-electron chi connectivity index (χ0n) is 19.7. The van der Waals surface area contributed by atoms with Gasteiger partial charge in [0.2, 0.25) is 17.7 Å². The number of H-pyrrole nitrogens is 1. The monoisotopic (exact) mass is 488 g/mol. The summed E-state index contributed by atoms with van der Waals surface area (Å²) in [5.41, 5.74) is 6.56. The van der Waals surface area contributed by atoms with Gasteiger partial charge in [-0.25, -0.2) is 9.78 Å². The van der Waals surface area contributed by atoms with Crippen molar-refractivity contribution in [1.29, 1.82) is 0 Å².